The van der Waals surface area contributed by atoms with Crippen molar-refractivity contribution in [1.29, 1.82) is 0 Å². The number of sulfonamides is 1. The van der Waals surface area contributed by atoms with Gasteiger partial charge in [-0.25, -0.2) is 8.42 Å². The van der Waals surface area contributed by atoms with Gasteiger partial charge in [-0.15, -0.1) is 11.6 Å². The van der Waals surface area contributed by atoms with Crippen LogP contribution in [0.25, 0.3) is 0 Å². The van der Waals surface area contributed by atoms with Gasteiger partial charge in [0.25, 0.3) is 0 Å². The summed E-state index contributed by atoms with van der Waals surface area (Å²) in [6.07, 6.45) is 2.78. The highest BCUT2D eigenvalue weighted by Crippen LogP contribution is 2.29. The van der Waals surface area contributed by atoms with E-state index in [1.807, 2.05) is 0 Å². The van der Waals surface area contributed by atoms with Crippen molar-refractivity contribution in [2.45, 2.75) is 24.2 Å². The fourth-order valence-corrected chi connectivity index (χ4v) is 3.99. The molecule has 2 rings (SSSR count). The molecule has 1 aliphatic heterocycles. The number of benzene rings is 1. The van der Waals surface area contributed by atoms with Gasteiger partial charge in [-0.05, 0) is 31.0 Å². The summed E-state index contributed by atoms with van der Waals surface area (Å²) in [6.45, 7) is 1.05. The molecule has 1 aromatic carbocycles. The molecule has 1 amide bonds. The Morgan fingerprint density at radius 2 is 2.00 bits per heavy atom. The molecule has 0 aromatic heterocycles. The number of ether oxygens (including phenoxy) is 1. The van der Waals surface area contributed by atoms with Gasteiger partial charge in [0, 0.05) is 13.1 Å². The molecule has 122 valence electrons. The van der Waals surface area contributed by atoms with E-state index in [0.29, 0.717) is 24.5 Å². The standard InChI is InChI=1S/C14H19ClN2O4S/c1-21-13-6-5-11(9-12(13)16-14(18)10-15)22(19,20)17-7-3-2-4-8-17/h5-6,9H,2-4,7-8,10H2,1H3,(H,16,18). The largest absolute Gasteiger partial charge is 0.495 e. The normalized spacial score (nSPS) is 16.3. The molecular formula is C14H19ClN2O4S. The number of anilines is 1. The van der Waals surface area contributed by atoms with Gasteiger partial charge in [-0.1, -0.05) is 6.42 Å². The SMILES string of the molecule is COc1ccc(S(=O)(=O)N2CCCCC2)cc1NC(=O)CCl. The number of amides is 1. The van der Waals surface area contributed by atoms with Crippen molar-refractivity contribution in [2.24, 2.45) is 0 Å². The predicted octanol–water partition coefficient (Wildman–Crippen LogP) is 2.05. The molecule has 0 radical (unpaired) electrons. The molecule has 0 unspecified atom stereocenters. The smallest absolute Gasteiger partial charge is 0.243 e. The fourth-order valence-electron chi connectivity index (χ4n) is 2.38. The minimum atomic E-state index is -3.56. The Morgan fingerprint density at radius 3 is 2.59 bits per heavy atom. The average Bonchev–Trinajstić information content (AvgIpc) is 2.55. The Bertz CT molecular complexity index is 642. The molecule has 1 N–H and O–H groups in total. The van der Waals surface area contributed by atoms with Crippen LogP contribution in [0.5, 0.6) is 5.75 Å². The van der Waals surface area contributed by atoms with Crippen molar-refractivity contribution in [3.63, 3.8) is 0 Å². The highest BCUT2D eigenvalue weighted by Gasteiger charge is 2.26. The zero-order valence-electron chi connectivity index (χ0n) is 12.3. The van der Waals surface area contributed by atoms with E-state index in [2.05, 4.69) is 5.32 Å². The number of carbonyl (C=O) groups is 1. The molecule has 1 aliphatic rings. The third-order valence-corrected chi connectivity index (χ3v) is 5.66. The summed E-state index contributed by atoms with van der Waals surface area (Å²) in [5, 5.41) is 2.55. The minimum Gasteiger partial charge on any atom is -0.495 e. The van der Waals surface area contributed by atoms with E-state index in [9.17, 15) is 13.2 Å². The third kappa shape index (κ3) is 3.71. The lowest BCUT2D eigenvalue weighted by molar-refractivity contribution is -0.113. The van der Waals surface area contributed by atoms with E-state index in [-0.39, 0.29) is 10.8 Å². The second-order valence-corrected chi connectivity index (χ2v) is 7.21. The lowest BCUT2D eigenvalue weighted by Gasteiger charge is -2.26. The first-order chi connectivity index (χ1) is 10.5. The number of halogens is 1. The van der Waals surface area contributed by atoms with Crippen LogP contribution < -0.4 is 10.1 Å². The minimum absolute atomic E-state index is 0.139. The van der Waals surface area contributed by atoms with Crippen LogP contribution in [0.15, 0.2) is 23.1 Å². The van der Waals surface area contributed by atoms with E-state index in [4.69, 9.17) is 16.3 Å². The van der Waals surface area contributed by atoms with Gasteiger partial charge in [0.2, 0.25) is 15.9 Å². The molecule has 1 saturated heterocycles. The summed E-state index contributed by atoms with van der Waals surface area (Å²) < 4.78 is 31.9. The van der Waals surface area contributed by atoms with Gasteiger partial charge in [0.05, 0.1) is 17.7 Å². The zero-order chi connectivity index (χ0) is 16.2. The molecule has 0 bridgehead atoms. The van der Waals surface area contributed by atoms with Gasteiger partial charge in [0.15, 0.2) is 0 Å². The maximum atomic E-state index is 12.6. The summed E-state index contributed by atoms with van der Waals surface area (Å²) in [7, 11) is -2.11. The number of nitrogens with zero attached hydrogens (tertiary/aromatic N) is 1. The van der Waals surface area contributed by atoms with E-state index < -0.39 is 15.9 Å². The summed E-state index contributed by atoms with van der Waals surface area (Å²) in [4.78, 5) is 11.6. The molecule has 6 nitrogen and oxygen atoms in total. The van der Waals surface area contributed by atoms with Gasteiger partial charge in [0.1, 0.15) is 11.6 Å². The Labute approximate surface area is 135 Å². The van der Waals surface area contributed by atoms with Crippen LogP contribution in [0.1, 0.15) is 19.3 Å². The third-order valence-electron chi connectivity index (χ3n) is 3.52. The van der Waals surface area contributed by atoms with E-state index >= 15 is 0 Å². The van der Waals surface area contributed by atoms with E-state index in [1.54, 1.807) is 0 Å². The van der Waals surface area contributed by atoms with Crippen molar-refractivity contribution >= 4 is 33.2 Å². The zero-order valence-corrected chi connectivity index (χ0v) is 13.9. The van der Waals surface area contributed by atoms with Gasteiger partial charge < -0.3 is 10.1 Å². The number of hydrogen-bond acceptors (Lipinski definition) is 4. The number of carbonyl (C=O) groups excluding carboxylic acids is 1. The highest BCUT2D eigenvalue weighted by molar-refractivity contribution is 7.89. The van der Waals surface area contributed by atoms with Crippen LogP contribution in [0.2, 0.25) is 0 Å². The van der Waals surface area contributed by atoms with Crippen LogP contribution in [0.3, 0.4) is 0 Å². The van der Waals surface area contributed by atoms with Crippen molar-refractivity contribution in [3.8, 4) is 5.75 Å². The maximum Gasteiger partial charge on any atom is 0.243 e. The number of alkyl halides is 1. The molecule has 1 heterocycles. The van der Waals surface area contributed by atoms with Crippen molar-refractivity contribution in [3.05, 3.63) is 18.2 Å². The lowest BCUT2D eigenvalue weighted by atomic mass is 10.2. The monoisotopic (exact) mass is 346 g/mol. The van der Waals surface area contributed by atoms with Crippen LogP contribution in [-0.2, 0) is 14.8 Å². The number of rotatable bonds is 5. The molecule has 1 fully saturated rings. The Balaban J connectivity index is 2.34. The molecule has 22 heavy (non-hydrogen) atoms. The Morgan fingerprint density at radius 1 is 1.32 bits per heavy atom. The second-order valence-electron chi connectivity index (χ2n) is 5.01. The maximum absolute atomic E-state index is 12.6. The number of piperidine rings is 1. The Hall–Kier alpha value is -1.31. The first-order valence-corrected chi connectivity index (χ1v) is 9.00. The van der Waals surface area contributed by atoms with Gasteiger partial charge >= 0.3 is 0 Å². The number of hydrogen-bond donors (Lipinski definition) is 1. The molecule has 0 atom stereocenters. The number of nitrogens with one attached hydrogen (secondary N) is 1. The second kappa shape index (κ2) is 7.30. The van der Waals surface area contributed by atoms with E-state index in [1.165, 1.54) is 29.6 Å². The summed E-state index contributed by atoms with van der Waals surface area (Å²) in [5.74, 6) is -0.254. The Kier molecular flexibility index (Phi) is 5.66. The fraction of sp³-hybridized carbons (Fsp3) is 0.500. The van der Waals surface area contributed by atoms with Crippen LogP contribution in [-0.4, -0.2) is 44.7 Å². The van der Waals surface area contributed by atoms with Crippen LogP contribution in [0.4, 0.5) is 5.69 Å². The van der Waals surface area contributed by atoms with Crippen LogP contribution in [0, 0.1) is 0 Å². The van der Waals surface area contributed by atoms with Crippen LogP contribution >= 0.6 is 11.6 Å². The lowest BCUT2D eigenvalue weighted by Crippen LogP contribution is -2.35. The molecule has 0 saturated carbocycles. The molecule has 1 aromatic rings. The quantitative estimate of drug-likeness (QED) is 0.828. The summed E-state index contributed by atoms with van der Waals surface area (Å²) in [6, 6.07) is 4.42. The summed E-state index contributed by atoms with van der Waals surface area (Å²) in [5.41, 5.74) is 0.297. The van der Waals surface area contributed by atoms with E-state index in [0.717, 1.165) is 19.3 Å². The first kappa shape index (κ1) is 17.1. The van der Waals surface area contributed by atoms with Crippen molar-refractivity contribution in [2.75, 3.05) is 31.4 Å². The van der Waals surface area contributed by atoms with Crippen molar-refractivity contribution in [1.82, 2.24) is 4.31 Å². The molecular weight excluding hydrogens is 328 g/mol. The highest BCUT2D eigenvalue weighted by atomic mass is 35.5. The first-order valence-electron chi connectivity index (χ1n) is 7.03. The summed E-state index contributed by atoms with van der Waals surface area (Å²) >= 11 is 5.47. The molecule has 0 spiro atoms. The number of methoxy groups -OCH3 is 1. The van der Waals surface area contributed by atoms with Gasteiger partial charge in [-0.3, -0.25) is 4.79 Å². The van der Waals surface area contributed by atoms with Crippen molar-refractivity contribution < 1.29 is 17.9 Å². The predicted molar refractivity (Wildman–Crippen MR) is 85.0 cm³/mol. The molecule has 0 aliphatic carbocycles. The topological polar surface area (TPSA) is 75.7 Å². The molecule has 8 heteroatoms. The average molecular weight is 347 g/mol. The van der Waals surface area contributed by atoms with Gasteiger partial charge in [-0.2, -0.15) is 4.31 Å².